The average Bonchev–Trinajstić information content (AvgIpc) is 3.08. The van der Waals surface area contributed by atoms with Gasteiger partial charge in [0.25, 0.3) is 0 Å². The van der Waals surface area contributed by atoms with Crippen LogP contribution < -0.4 is 10.6 Å². The number of halogens is 2. The summed E-state index contributed by atoms with van der Waals surface area (Å²) in [4.78, 5) is 14.6. The Morgan fingerprint density at radius 2 is 1.96 bits per heavy atom. The quantitative estimate of drug-likeness (QED) is 0.712. The van der Waals surface area contributed by atoms with Gasteiger partial charge in [-0.2, -0.15) is 0 Å². The maximum atomic E-state index is 12.2. The fraction of sp³-hybridized carbons (Fsp3) is 0.588. The fourth-order valence-corrected chi connectivity index (χ4v) is 3.80. The first-order chi connectivity index (χ1) is 10.7. The zero-order valence-electron chi connectivity index (χ0n) is 14.4. The van der Waals surface area contributed by atoms with E-state index in [0.29, 0.717) is 12.6 Å². The van der Waals surface area contributed by atoms with Gasteiger partial charge in [-0.05, 0) is 25.1 Å². The normalized spacial score (nSPS) is 17.7. The molecular weight excluding hydrogens is 365 g/mol. The number of hydrogen-bond donors (Lipinski definition) is 2. The van der Waals surface area contributed by atoms with Crippen molar-refractivity contribution >= 4 is 42.5 Å². The van der Waals surface area contributed by atoms with Crippen LogP contribution in [0.5, 0.6) is 0 Å². The summed E-state index contributed by atoms with van der Waals surface area (Å²) in [6, 6.07) is 10.8. The number of nitrogens with zero attached hydrogens (tertiary/aromatic N) is 1. The number of benzene rings is 1. The molecule has 0 saturated carbocycles. The fourth-order valence-electron chi connectivity index (χ4n) is 2.86. The number of thioether (sulfide) groups is 1. The summed E-state index contributed by atoms with van der Waals surface area (Å²) in [6.45, 7) is 7.07. The third kappa shape index (κ3) is 7.19. The molecule has 7 heteroatoms. The minimum atomic E-state index is -0.0286. The molecule has 0 radical (unpaired) electrons. The van der Waals surface area contributed by atoms with Gasteiger partial charge in [-0.3, -0.25) is 15.0 Å². The molecule has 1 aliphatic heterocycles. The lowest BCUT2D eigenvalue weighted by Crippen LogP contribution is -2.49. The molecule has 1 fully saturated rings. The lowest BCUT2D eigenvalue weighted by atomic mass is 10.0. The predicted molar refractivity (Wildman–Crippen MR) is 109 cm³/mol. The maximum absolute atomic E-state index is 12.2. The van der Waals surface area contributed by atoms with Crippen molar-refractivity contribution < 1.29 is 4.79 Å². The Bertz CT molecular complexity index is 454. The van der Waals surface area contributed by atoms with Crippen molar-refractivity contribution in [1.29, 1.82) is 0 Å². The molecule has 1 amide bonds. The number of carbonyl (C=O) groups excluding carboxylic acids is 1. The van der Waals surface area contributed by atoms with Gasteiger partial charge >= 0.3 is 0 Å². The molecule has 2 rings (SSSR count). The van der Waals surface area contributed by atoms with E-state index in [-0.39, 0.29) is 36.8 Å². The van der Waals surface area contributed by atoms with E-state index in [2.05, 4.69) is 53.6 Å². The number of nitrogens with one attached hydrogen (secondary N) is 2. The van der Waals surface area contributed by atoms with Crippen LogP contribution in [0.4, 0.5) is 0 Å². The van der Waals surface area contributed by atoms with Gasteiger partial charge in [-0.25, -0.2) is 0 Å². The molecule has 2 atom stereocenters. The molecule has 1 aliphatic rings. The number of carbonyl (C=O) groups is 1. The molecule has 0 aromatic heterocycles. The van der Waals surface area contributed by atoms with Crippen LogP contribution in [0.25, 0.3) is 0 Å². The van der Waals surface area contributed by atoms with E-state index in [4.69, 9.17) is 0 Å². The second-order valence-electron chi connectivity index (χ2n) is 5.58. The number of amides is 1. The molecule has 1 aromatic carbocycles. The van der Waals surface area contributed by atoms with Gasteiger partial charge in [0.2, 0.25) is 5.91 Å². The van der Waals surface area contributed by atoms with Gasteiger partial charge in [-0.15, -0.1) is 36.6 Å². The molecule has 138 valence electrons. The minimum absolute atomic E-state index is 0. The Kier molecular flexibility index (Phi) is 12.6. The first-order valence-electron chi connectivity index (χ1n) is 8.11. The summed E-state index contributed by atoms with van der Waals surface area (Å²) in [5.41, 5.74) is 1.32. The van der Waals surface area contributed by atoms with E-state index in [9.17, 15) is 4.79 Å². The van der Waals surface area contributed by atoms with Gasteiger partial charge in [0.05, 0.1) is 6.04 Å². The largest absolute Gasteiger partial charge is 0.353 e. The lowest BCUT2D eigenvalue weighted by molar-refractivity contribution is -0.122. The molecule has 0 aliphatic carbocycles. The summed E-state index contributed by atoms with van der Waals surface area (Å²) < 4.78 is 0. The maximum Gasteiger partial charge on any atom is 0.238 e. The molecule has 2 N–H and O–H groups in total. The highest BCUT2D eigenvalue weighted by Crippen LogP contribution is 2.11. The van der Waals surface area contributed by atoms with Crippen LogP contribution in [-0.2, 0) is 11.2 Å². The van der Waals surface area contributed by atoms with Crippen LogP contribution in [0.2, 0.25) is 0 Å². The van der Waals surface area contributed by atoms with E-state index in [1.165, 1.54) is 5.56 Å². The van der Waals surface area contributed by atoms with Crippen molar-refractivity contribution in [2.75, 3.05) is 31.3 Å². The van der Waals surface area contributed by atoms with Gasteiger partial charge in [0, 0.05) is 24.2 Å². The van der Waals surface area contributed by atoms with Crippen molar-refractivity contribution in [3.05, 3.63) is 35.9 Å². The van der Waals surface area contributed by atoms with E-state index in [1.807, 2.05) is 6.07 Å². The van der Waals surface area contributed by atoms with Crippen molar-refractivity contribution in [3.63, 3.8) is 0 Å². The van der Waals surface area contributed by atoms with Crippen LogP contribution in [0, 0.1) is 0 Å². The zero-order valence-corrected chi connectivity index (χ0v) is 16.8. The van der Waals surface area contributed by atoms with Crippen LogP contribution in [-0.4, -0.2) is 54.2 Å². The summed E-state index contributed by atoms with van der Waals surface area (Å²) in [5.74, 6) is 1.89. The SMILES string of the molecule is CCN(CC)C(CNC(=O)C1CSCN1)Cc1ccccc1.Cl.Cl. The molecule has 1 heterocycles. The molecular formula is C17H29Cl2N3OS. The van der Waals surface area contributed by atoms with Crippen LogP contribution in [0.1, 0.15) is 19.4 Å². The number of hydrogen-bond acceptors (Lipinski definition) is 4. The average molecular weight is 394 g/mol. The highest BCUT2D eigenvalue weighted by Gasteiger charge is 2.24. The summed E-state index contributed by atoms with van der Waals surface area (Å²) >= 11 is 1.78. The Hall–Kier alpha value is -0.460. The second kappa shape index (κ2) is 12.8. The summed E-state index contributed by atoms with van der Waals surface area (Å²) in [5, 5.41) is 6.36. The molecule has 1 saturated heterocycles. The number of likely N-dealkylation sites (N-methyl/N-ethyl adjacent to an activating group) is 1. The van der Waals surface area contributed by atoms with E-state index >= 15 is 0 Å². The van der Waals surface area contributed by atoms with E-state index in [1.54, 1.807) is 11.8 Å². The summed E-state index contributed by atoms with van der Waals surface area (Å²) in [7, 11) is 0. The molecule has 0 bridgehead atoms. The third-order valence-corrected chi connectivity index (χ3v) is 5.13. The summed E-state index contributed by atoms with van der Waals surface area (Å²) in [6.07, 6.45) is 0.968. The molecule has 24 heavy (non-hydrogen) atoms. The highest BCUT2D eigenvalue weighted by atomic mass is 35.5. The minimum Gasteiger partial charge on any atom is -0.353 e. The van der Waals surface area contributed by atoms with Crippen LogP contribution in [0.3, 0.4) is 0 Å². The second-order valence-corrected chi connectivity index (χ2v) is 6.61. The predicted octanol–water partition coefficient (Wildman–Crippen LogP) is 2.56. The Morgan fingerprint density at radius 3 is 2.50 bits per heavy atom. The van der Waals surface area contributed by atoms with Gasteiger partial charge in [-0.1, -0.05) is 44.2 Å². The van der Waals surface area contributed by atoms with Crippen molar-refractivity contribution in [2.45, 2.75) is 32.4 Å². The Morgan fingerprint density at radius 1 is 1.29 bits per heavy atom. The smallest absolute Gasteiger partial charge is 0.238 e. The monoisotopic (exact) mass is 393 g/mol. The molecule has 0 spiro atoms. The van der Waals surface area contributed by atoms with E-state index < -0.39 is 0 Å². The number of rotatable bonds is 8. The van der Waals surface area contributed by atoms with Gasteiger partial charge in [0.1, 0.15) is 0 Å². The van der Waals surface area contributed by atoms with Crippen molar-refractivity contribution in [2.24, 2.45) is 0 Å². The molecule has 4 nitrogen and oxygen atoms in total. The third-order valence-electron chi connectivity index (χ3n) is 4.19. The standard InChI is InChI=1S/C17H27N3OS.2ClH/c1-3-20(4-2)15(10-14-8-6-5-7-9-14)11-18-17(21)16-12-22-13-19-16;;/h5-9,15-16,19H,3-4,10-13H2,1-2H3,(H,18,21);2*1H. The van der Waals surface area contributed by atoms with Gasteiger partial charge < -0.3 is 5.32 Å². The van der Waals surface area contributed by atoms with Gasteiger partial charge in [0.15, 0.2) is 0 Å². The van der Waals surface area contributed by atoms with Crippen LogP contribution in [0.15, 0.2) is 30.3 Å². The topological polar surface area (TPSA) is 44.4 Å². The van der Waals surface area contributed by atoms with Crippen molar-refractivity contribution in [3.8, 4) is 0 Å². The molecule has 2 unspecified atom stereocenters. The zero-order chi connectivity index (χ0) is 15.8. The Balaban J connectivity index is 0.00000264. The first-order valence-corrected chi connectivity index (χ1v) is 9.26. The molecule has 1 aromatic rings. The van der Waals surface area contributed by atoms with E-state index in [0.717, 1.165) is 31.1 Å². The lowest BCUT2D eigenvalue weighted by Gasteiger charge is -2.30. The van der Waals surface area contributed by atoms with Crippen molar-refractivity contribution in [1.82, 2.24) is 15.5 Å². The van der Waals surface area contributed by atoms with Crippen LogP contribution >= 0.6 is 36.6 Å². The highest BCUT2D eigenvalue weighted by molar-refractivity contribution is 7.99. The first kappa shape index (κ1) is 23.5. The Labute approximate surface area is 162 Å².